The number of nitrogens with zero attached hydrogens (tertiary/aromatic N) is 3. The van der Waals surface area contributed by atoms with Gasteiger partial charge in [0.05, 0.1) is 18.6 Å². The first-order valence-corrected chi connectivity index (χ1v) is 7.34. The normalized spacial score (nSPS) is 21.8. The van der Waals surface area contributed by atoms with Crippen molar-refractivity contribution in [2.45, 2.75) is 12.5 Å². The monoisotopic (exact) mass is 272 g/mol. The van der Waals surface area contributed by atoms with Gasteiger partial charge in [-0.25, -0.2) is 13.4 Å². The molecule has 0 aromatic carbocycles. The van der Waals surface area contributed by atoms with Gasteiger partial charge in [-0.2, -0.15) is 4.98 Å². The molecule has 0 amide bonds. The lowest BCUT2D eigenvalue weighted by Crippen LogP contribution is -2.33. The van der Waals surface area contributed by atoms with E-state index < -0.39 is 9.84 Å². The average molecular weight is 272 g/mol. The van der Waals surface area contributed by atoms with Crippen LogP contribution in [-0.2, 0) is 9.84 Å². The maximum absolute atomic E-state index is 11.5. The molecular weight excluding hydrogens is 256 g/mol. The minimum absolute atomic E-state index is 0.100. The van der Waals surface area contributed by atoms with Gasteiger partial charge >= 0.3 is 0 Å². The third-order valence-corrected chi connectivity index (χ3v) is 4.86. The molecule has 0 spiro atoms. The van der Waals surface area contributed by atoms with Crippen molar-refractivity contribution in [3.8, 4) is 5.88 Å². The minimum atomic E-state index is -2.93. The van der Waals surface area contributed by atoms with Gasteiger partial charge in [0.2, 0.25) is 5.88 Å². The number of nitrogen functional groups attached to an aromatic ring is 1. The van der Waals surface area contributed by atoms with Crippen LogP contribution in [0.1, 0.15) is 6.42 Å². The molecule has 0 aliphatic carbocycles. The number of hydrogen-bond donors (Lipinski definition) is 1. The van der Waals surface area contributed by atoms with Crippen LogP contribution in [0.4, 0.5) is 11.5 Å². The van der Waals surface area contributed by atoms with Gasteiger partial charge in [-0.3, -0.25) is 0 Å². The number of ether oxygens (including phenoxy) is 1. The first kappa shape index (κ1) is 12.9. The minimum Gasteiger partial charge on any atom is -0.479 e. The lowest BCUT2D eigenvalue weighted by atomic mass is 10.2. The number of sulfone groups is 1. The molecule has 1 aliphatic heterocycles. The standard InChI is InChI=1S/C10H16N4O3S/c1-14(7-3-4-18(15,16)5-7)9-8(11)10(17-2)13-6-12-9/h6-7H,3-5,11H2,1-2H3. The lowest BCUT2D eigenvalue weighted by Gasteiger charge is -2.25. The fourth-order valence-corrected chi connectivity index (χ4v) is 3.84. The van der Waals surface area contributed by atoms with Crippen LogP contribution in [0.2, 0.25) is 0 Å². The highest BCUT2D eigenvalue weighted by atomic mass is 32.2. The van der Waals surface area contributed by atoms with Gasteiger partial charge in [-0.05, 0) is 6.42 Å². The summed E-state index contributed by atoms with van der Waals surface area (Å²) in [5.74, 6) is 1.15. The highest BCUT2D eigenvalue weighted by Gasteiger charge is 2.32. The van der Waals surface area contributed by atoms with E-state index in [1.165, 1.54) is 13.4 Å². The Morgan fingerprint density at radius 2 is 2.22 bits per heavy atom. The van der Waals surface area contributed by atoms with Crippen LogP contribution in [-0.4, -0.2) is 50.1 Å². The van der Waals surface area contributed by atoms with E-state index in [0.717, 1.165) is 0 Å². The number of rotatable bonds is 3. The van der Waals surface area contributed by atoms with Crippen molar-refractivity contribution in [1.82, 2.24) is 9.97 Å². The zero-order chi connectivity index (χ0) is 13.3. The van der Waals surface area contributed by atoms with E-state index in [1.807, 2.05) is 0 Å². The summed E-state index contributed by atoms with van der Waals surface area (Å²) >= 11 is 0. The molecule has 1 atom stereocenters. The van der Waals surface area contributed by atoms with Gasteiger partial charge in [0.25, 0.3) is 0 Å². The highest BCUT2D eigenvalue weighted by molar-refractivity contribution is 7.91. The van der Waals surface area contributed by atoms with Gasteiger partial charge < -0.3 is 15.4 Å². The second kappa shape index (κ2) is 4.60. The Hall–Kier alpha value is -1.57. The SMILES string of the molecule is COc1ncnc(N(C)C2CCS(=O)(=O)C2)c1N. The molecule has 1 fully saturated rings. The summed E-state index contributed by atoms with van der Waals surface area (Å²) < 4.78 is 28.0. The van der Waals surface area contributed by atoms with E-state index in [9.17, 15) is 8.42 Å². The molecule has 2 rings (SSSR count). The lowest BCUT2D eigenvalue weighted by molar-refractivity contribution is 0.399. The van der Waals surface area contributed by atoms with Crippen LogP contribution in [0.25, 0.3) is 0 Å². The van der Waals surface area contributed by atoms with E-state index >= 15 is 0 Å². The van der Waals surface area contributed by atoms with E-state index in [-0.39, 0.29) is 17.5 Å². The molecule has 2 N–H and O–H groups in total. The van der Waals surface area contributed by atoms with Crippen molar-refractivity contribution in [2.75, 3.05) is 36.3 Å². The number of hydrogen-bond acceptors (Lipinski definition) is 7. The summed E-state index contributed by atoms with van der Waals surface area (Å²) in [4.78, 5) is 9.77. The largest absolute Gasteiger partial charge is 0.479 e. The molecule has 8 heteroatoms. The number of aromatic nitrogens is 2. The molecule has 1 aliphatic rings. The summed E-state index contributed by atoms with van der Waals surface area (Å²) in [6.45, 7) is 0. The third kappa shape index (κ3) is 2.33. The third-order valence-electron chi connectivity index (χ3n) is 3.11. The smallest absolute Gasteiger partial charge is 0.242 e. The van der Waals surface area contributed by atoms with E-state index in [1.54, 1.807) is 11.9 Å². The summed E-state index contributed by atoms with van der Waals surface area (Å²) in [5.41, 5.74) is 6.21. The van der Waals surface area contributed by atoms with Crippen molar-refractivity contribution >= 4 is 21.3 Å². The maximum atomic E-state index is 11.5. The summed E-state index contributed by atoms with van der Waals surface area (Å²) in [5, 5.41) is 0. The van der Waals surface area contributed by atoms with Crippen molar-refractivity contribution in [3.05, 3.63) is 6.33 Å². The molecule has 1 aromatic rings. The fourth-order valence-electron chi connectivity index (χ4n) is 2.07. The fraction of sp³-hybridized carbons (Fsp3) is 0.600. The van der Waals surface area contributed by atoms with Gasteiger partial charge in [-0.15, -0.1) is 0 Å². The van der Waals surface area contributed by atoms with Crippen LogP contribution >= 0.6 is 0 Å². The summed E-state index contributed by atoms with van der Waals surface area (Å²) in [7, 11) is 0.322. The molecule has 100 valence electrons. The summed E-state index contributed by atoms with van der Waals surface area (Å²) in [6, 6.07) is -0.100. The molecule has 18 heavy (non-hydrogen) atoms. The van der Waals surface area contributed by atoms with E-state index in [2.05, 4.69) is 9.97 Å². The van der Waals surface area contributed by atoms with E-state index in [4.69, 9.17) is 10.5 Å². The first-order chi connectivity index (χ1) is 8.44. The second-order valence-electron chi connectivity index (χ2n) is 4.29. The van der Waals surface area contributed by atoms with Crippen LogP contribution < -0.4 is 15.4 Å². The number of anilines is 2. The Bertz CT molecular complexity index is 546. The molecule has 1 saturated heterocycles. The first-order valence-electron chi connectivity index (χ1n) is 5.52. The zero-order valence-corrected chi connectivity index (χ0v) is 11.1. The van der Waals surface area contributed by atoms with Crippen LogP contribution in [0.15, 0.2) is 6.33 Å². The molecule has 0 saturated carbocycles. The maximum Gasteiger partial charge on any atom is 0.242 e. The predicted molar refractivity (Wildman–Crippen MR) is 68.5 cm³/mol. The Kier molecular flexibility index (Phi) is 3.29. The van der Waals surface area contributed by atoms with E-state index in [0.29, 0.717) is 23.8 Å². The Labute approximate surface area is 106 Å². The van der Waals surface area contributed by atoms with Crippen molar-refractivity contribution < 1.29 is 13.2 Å². The second-order valence-corrected chi connectivity index (χ2v) is 6.52. The van der Waals surface area contributed by atoms with Crippen LogP contribution in [0.3, 0.4) is 0 Å². The van der Waals surface area contributed by atoms with Gasteiger partial charge in [-0.1, -0.05) is 0 Å². The average Bonchev–Trinajstić information content (AvgIpc) is 2.69. The molecule has 1 unspecified atom stereocenters. The Morgan fingerprint density at radius 3 is 2.78 bits per heavy atom. The van der Waals surface area contributed by atoms with Crippen LogP contribution in [0, 0.1) is 0 Å². The molecule has 7 nitrogen and oxygen atoms in total. The van der Waals surface area contributed by atoms with Crippen molar-refractivity contribution in [3.63, 3.8) is 0 Å². The molecule has 0 bridgehead atoms. The zero-order valence-electron chi connectivity index (χ0n) is 10.3. The van der Waals surface area contributed by atoms with Gasteiger partial charge in [0.1, 0.15) is 12.0 Å². The molecule has 1 aromatic heterocycles. The van der Waals surface area contributed by atoms with Gasteiger partial charge in [0, 0.05) is 13.1 Å². The predicted octanol–water partition coefficient (Wildman–Crippen LogP) is -0.309. The Morgan fingerprint density at radius 1 is 1.50 bits per heavy atom. The van der Waals surface area contributed by atoms with Crippen molar-refractivity contribution in [2.24, 2.45) is 0 Å². The van der Waals surface area contributed by atoms with Crippen LogP contribution in [0.5, 0.6) is 5.88 Å². The van der Waals surface area contributed by atoms with Gasteiger partial charge in [0.15, 0.2) is 15.7 Å². The topological polar surface area (TPSA) is 98.4 Å². The molecular formula is C10H16N4O3S. The highest BCUT2D eigenvalue weighted by Crippen LogP contribution is 2.30. The molecule has 0 radical (unpaired) electrons. The quantitative estimate of drug-likeness (QED) is 0.805. The number of nitrogens with two attached hydrogens (primary N) is 1. The number of methoxy groups -OCH3 is 1. The summed E-state index contributed by atoms with van der Waals surface area (Å²) in [6.07, 6.45) is 1.94. The van der Waals surface area contributed by atoms with Crippen molar-refractivity contribution in [1.29, 1.82) is 0 Å². The Balaban J connectivity index is 2.27. The molecule has 2 heterocycles.